The standard InChI is InChI=1S/C12H27N3O.ClH/c1-6-10(4)11(13)12(16)14-7-8-15(5)9(2)3;/h9-11H,6-8,13H2,1-5H3,(H,14,16);1H. The summed E-state index contributed by atoms with van der Waals surface area (Å²) in [6, 6.07) is 0.120. The average Bonchev–Trinajstić information content (AvgIpc) is 2.26. The van der Waals surface area contributed by atoms with Gasteiger partial charge in [-0.1, -0.05) is 20.3 Å². The molecule has 104 valence electrons. The van der Waals surface area contributed by atoms with Crippen LogP contribution in [0.25, 0.3) is 0 Å². The quantitative estimate of drug-likeness (QED) is 0.728. The van der Waals surface area contributed by atoms with E-state index in [4.69, 9.17) is 5.73 Å². The van der Waals surface area contributed by atoms with Crippen LogP contribution in [0.5, 0.6) is 0 Å². The van der Waals surface area contributed by atoms with Crippen molar-refractivity contribution < 1.29 is 4.79 Å². The van der Waals surface area contributed by atoms with E-state index in [2.05, 4.69) is 24.1 Å². The van der Waals surface area contributed by atoms with Crippen molar-refractivity contribution in [1.29, 1.82) is 0 Å². The van der Waals surface area contributed by atoms with Crippen LogP contribution in [0.1, 0.15) is 34.1 Å². The fraction of sp³-hybridized carbons (Fsp3) is 0.917. The number of nitrogens with one attached hydrogen (secondary N) is 1. The van der Waals surface area contributed by atoms with Gasteiger partial charge < -0.3 is 16.0 Å². The van der Waals surface area contributed by atoms with E-state index in [9.17, 15) is 4.79 Å². The Bertz CT molecular complexity index is 212. The molecule has 0 aromatic heterocycles. The molecule has 2 atom stereocenters. The lowest BCUT2D eigenvalue weighted by Crippen LogP contribution is -2.46. The molecule has 0 radical (unpaired) electrons. The zero-order valence-electron chi connectivity index (χ0n) is 11.7. The largest absolute Gasteiger partial charge is 0.353 e. The summed E-state index contributed by atoms with van der Waals surface area (Å²) in [6.45, 7) is 9.84. The minimum atomic E-state index is -0.380. The Labute approximate surface area is 112 Å². The molecule has 0 saturated heterocycles. The molecule has 0 aromatic carbocycles. The number of likely N-dealkylation sites (N-methyl/N-ethyl adjacent to an activating group) is 1. The van der Waals surface area contributed by atoms with Gasteiger partial charge in [0.15, 0.2) is 0 Å². The average molecular weight is 266 g/mol. The van der Waals surface area contributed by atoms with Gasteiger partial charge in [-0.15, -0.1) is 12.4 Å². The van der Waals surface area contributed by atoms with Gasteiger partial charge in [0.25, 0.3) is 0 Å². The molecule has 2 unspecified atom stereocenters. The van der Waals surface area contributed by atoms with E-state index in [0.717, 1.165) is 13.0 Å². The number of carbonyl (C=O) groups excluding carboxylic acids is 1. The zero-order chi connectivity index (χ0) is 12.7. The lowest BCUT2D eigenvalue weighted by Gasteiger charge is -2.22. The maximum atomic E-state index is 11.6. The molecule has 0 aromatic rings. The van der Waals surface area contributed by atoms with E-state index in [1.807, 2.05) is 20.9 Å². The zero-order valence-corrected chi connectivity index (χ0v) is 12.5. The van der Waals surface area contributed by atoms with Crippen LogP contribution in [0.3, 0.4) is 0 Å². The maximum Gasteiger partial charge on any atom is 0.237 e. The van der Waals surface area contributed by atoms with Crippen LogP contribution in [0.4, 0.5) is 0 Å². The molecule has 0 rings (SSSR count). The number of nitrogens with zero attached hydrogens (tertiary/aromatic N) is 1. The second kappa shape index (κ2) is 9.68. The molecule has 0 fully saturated rings. The highest BCUT2D eigenvalue weighted by Gasteiger charge is 2.18. The summed E-state index contributed by atoms with van der Waals surface area (Å²) < 4.78 is 0. The van der Waals surface area contributed by atoms with Crippen LogP contribution in [0, 0.1) is 5.92 Å². The number of halogens is 1. The Morgan fingerprint density at radius 1 is 1.35 bits per heavy atom. The minimum Gasteiger partial charge on any atom is -0.353 e. The third-order valence-electron chi connectivity index (χ3n) is 3.21. The molecule has 4 nitrogen and oxygen atoms in total. The van der Waals surface area contributed by atoms with Gasteiger partial charge in [-0.25, -0.2) is 0 Å². The first-order chi connectivity index (χ1) is 7.40. The van der Waals surface area contributed by atoms with Gasteiger partial charge in [-0.05, 0) is 26.8 Å². The van der Waals surface area contributed by atoms with Gasteiger partial charge in [0.2, 0.25) is 5.91 Å². The Morgan fingerprint density at radius 2 is 1.88 bits per heavy atom. The number of amides is 1. The van der Waals surface area contributed by atoms with Gasteiger partial charge in [0, 0.05) is 19.1 Å². The second-order valence-electron chi connectivity index (χ2n) is 4.78. The molecule has 0 aliphatic heterocycles. The third kappa shape index (κ3) is 7.58. The fourth-order valence-corrected chi connectivity index (χ4v) is 1.24. The molecule has 17 heavy (non-hydrogen) atoms. The second-order valence-corrected chi connectivity index (χ2v) is 4.78. The fourth-order valence-electron chi connectivity index (χ4n) is 1.24. The monoisotopic (exact) mass is 265 g/mol. The van der Waals surface area contributed by atoms with E-state index < -0.39 is 0 Å². The highest BCUT2D eigenvalue weighted by atomic mass is 35.5. The van der Waals surface area contributed by atoms with Crippen LogP contribution < -0.4 is 11.1 Å². The molecule has 0 aliphatic carbocycles. The molecule has 3 N–H and O–H groups in total. The molecule has 0 bridgehead atoms. The van der Waals surface area contributed by atoms with E-state index in [-0.39, 0.29) is 30.3 Å². The summed E-state index contributed by atoms with van der Waals surface area (Å²) in [6.07, 6.45) is 0.931. The van der Waals surface area contributed by atoms with Crippen molar-refractivity contribution in [3.63, 3.8) is 0 Å². The highest BCUT2D eigenvalue weighted by molar-refractivity contribution is 5.85. The van der Waals surface area contributed by atoms with Crippen LogP contribution in [0.15, 0.2) is 0 Å². The molecule has 1 amide bonds. The van der Waals surface area contributed by atoms with Crippen molar-refractivity contribution >= 4 is 18.3 Å². The first-order valence-electron chi connectivity index (χ1n) is 6.13. The van der Waals surface area contributed by atoms with E-state index in [0.29, 0.717) is 12.6 Å². The summed E-state index contributed by atoms with van der Waals surface area (Å²) in [5.74, 6) is 0.203. The number of hydrogen-bond acceptors (Lipinski definition) is 3. The number of hydrogen-bond donors (Lipinski definition) is 2. The van der Waals surface area contributed by atoms with Gasteiger partial charge in [0.05, 0.1) is 6.04 Å². The van der Waals surface area contributed by atoms with Crippen LogP contribution in [-0.2, 0) is 4.79 Å². The normalized spacial score (nSPS) is 14.4. The first kappa shape index (κ1) is 19.0. The van der Waals surface area contributed by atoms with E-state index in [1.165, 1.54) is 0 Å². The van der Waals surface area contributed by atoms with E-state index >= 15 is 0 Å². The lowest BCUT2D eigenvalue weighted by molar-refractivity contribution is -0.123. The van der Waals surface area contributed by atoms with Gasteiger partial charge in [-0.3, -0.25) is 4.79 Å². The summed E-state index contributed by atoms with van der Waals surface area (Å²) >= 11 is 0. The summed E-state index contributed by atoms with van der Waals surface area (Å²) in [5.41, 5.74) is 5.82. The Hall–Kier alpha value is -0.320. The number of rotatable bonds is 7. The van der Waals surface area contributed by atoms with Gasteiger partial charge >= 0.3 is 0 Å². The molecule has 0 saturated carbocycles. The molecular weight excluding hydrogens is 238 g/mol. The molecule has 0 heterocycles. The lowest BCUT2D eigenvalue weighted by atomic mass is 9.99. The Balaban J connectivity index is 0. The number of nitrogens with two attached hydrogens (primary N) is 1. The SMILES string of the molecule is CCC(C)C(N)C(=O)NCCN(C)C(C)C.Cl. The molecule has 5 heteroatoms. The van der Waals surface area contributed by atoms with Crippen molar-refractivity contribution in [3.05, 3.63) is 0 Å². The molecule has 0 spiro atoms. The summed E-state index contributed by atoms with van der Waals surface area (Å²) in [4.78, 5) is 13.8. The van der Waals surface area contributed by atoms with Crippen molar-refractivity contribution in [1.82, 2.24) is 10.2 Å². The highest BCUT2D eigenvalue weighted by Crippen LogP contribution is 2.04. The van der Waals surface area contributed by atoms with Crippen molar-refractivity contribution in [3.8, 4) is 0 Å². The first-order valence-corrected chi connectivity index (χ1v) is 6.13. The molecular formula is C12H28ClN3O. The predicted octanol–water partition coefficient (Wildman–Crippen LogP) is 1.24. The van der Waals surface area contributed by atoms with Gasteiger partial charge in [-0.2, -0.15) is 0 Å². The Kier molecular flexibility index (Phi) is 10.8. The van der Waals surface area contributed by atoms with Crippen LogP contribution in [-0.4, -0.2) is 43.0 Å². The predicted molar refractivity (Wildman–Crippen MR) is 75.5 cm³/mol. The van der Waals surface area contributed by atoms with Crippen molar-refractivity contribution in [2.24, 2.45) is 11.7 Å². The van der Waals surface area contributed by atoms with Crippen LogP contribution >= 0.6 is 12.4 Å². The van der Waals surface area contributed by atoms with Crippen molar-refractivity contribution in [2.75, 3.05) is 20.1 Å². The third-order valence-corrected chi connectivity index (χ3v) is 3.21. The minimum absolute atomic E-state index is 0. The topological polar surface area (TPSA) is 58.4 Å². The smallest absolute Gasteiger partial charge is 0.237 e. The Morgan fingerprint density at radius 3 is 2.29 bits per heavy atom. The summed E-state index contributed by atoms with van der Waals surface area (Å²) in [5, 5.41) is 2.88. The van der Waals surface area contributed by atoms with E-state index in [1.54, 1.807) is 0 Å². The maximum absolute atomic E-state index is 11.6. The summed E-state index contributed by atoms with van der Waals surface area (Å²) in [7, 11) is 2.05. The number of carbonyl (C=O) groups is 1. The molecule has 0 aliphatic rings. The van der Waals surface area contributed by atoms with Gasteiger partial charge in [0.1, 0.15) is 0 Å². The van der Waals surface area contributed by atoms with Crippen LogP contribution in [0.2, 0.25) is 0 Å². The van der Waals surface area contributed by atoms with Crippen molar-refractivity contribution in [2.45, 2.75) is 46.2 Å².